The molecule has 1 saturated heterocycles. The van der Waals surface area contributed by atoms with Crippen LogP contribution in [0.4, 0.5) is 0 Å². The van der Waals surface area contributed by atoms with E-state index in [2.05, 4.69) is 11.4 Å². The molecule has 0 aliphatic carbocycles. The Morgan fingerprint density at radius 3 is 3.17 bits per heavy atom. The van der Waals surface area contributed by atoms with Gasteiger partial charge in [-0.1, -0.05) is 6.08 Å². The first kappa shape index (κ1) is 8.23. The summed E-state index contributed by atoms with van der Waals surface area (Å²) in [6.07, 6.45) is 3.38. The summed E-state index contributed by atoms with van der Waals surface area (Å²) in [4.78, 5) is 0. The maximum Gasteiger partial charge on any atom is 0.0532 e. The van der Waals surface area contributed by atoms with Crippen LogP contribution < -0.4 is 11.1 Å². The molecule has 0 aromatic rings. The van der Waals surface area contributed by atoms with Gasteiger partial charge in [-0.2, -0.15) is 0 Å². The summed E-state index contributed by atoms with van der Waals surface area (Å²) in [5, 5.41) is 3.25. The molecule has 0 spiro atoms. The molecule has 0 radical (unpaired) electrons. The molecule has 0 amide bonds. The summed E-state index contributed by atoms with van der Waals surface area (Å²) < 4.78 is 5.34. The van der Waals surface area contributed by atoms with Crippen LogP contribution in [0, 0.1) is 5.92 Å². The van der Waals surface area contributed by atoms with E-state index in [9.17, 15) is 0 Å². The summed E-state index contributed by atoms with van der Waals surface area (Å²) in [6.45, 7) is 3.67. The third-order valence-electron chi connectivity index (χ3n) is 2.68. The van der Waals surface area contributed by atoms with Gasteiger partial charge in [0.05, 0.1) is 6.61 Å². The summed E-state index contributed by atoms with van der Waals surface area (Å²) in [6, 6.07) is 0.213. The highest BCUT2D eigenvalue weighted by Gasteiger charge is 2.25. The first-order chi connectivity index (χ1) is 5.88. The topological polar surface area (TPSA) is 47.3 Å². The van der Waals surface area contributed by atoms with Gasteiger partial charge in [0, 0.05) is 31.7 Å². The van der Waals surface area contributed by atoms with Crippen LogP contribution in [0.15, 0.2) is 11.6 Å². The van der Waals surface area contributed by atoms with Crippen molar-refractivity contribution < 1.29 is 4.74 Å². The first-order valence-corrected chi connectivity index (χ1v) is 4.62. The Balaban J connectivity index is 2.04. The van der Waals surface area contributed by atoms with Gasteiger partial charge < -0.3 is 15.8 Å². The van der Waals surface area contributed by atoms with E-state index in [0.717, 1.165) is 32.7 Å². The molecule has 0 aromatic heterocycles. The smallest absolute Gasteiger partial charge is 0.0532 e. The van der Waals surface area contributed by atoms with Gasteiger partial charge in [0.15, 0.2) is 0 Å². The highest BCUT2D eigenvalue weighted by Crippen LogP contribution is 2.24. The fraction of sp³-hybridized carbons (Fsp3) is 0.778. The standard InChI is InChI=1S/C9H16N2O/c10-9-5-11-3-1-8(9)7-2-4-12-6-7/h1,7,9,11H,2-6,10H2. The van der Waals surface area contributed by atoms with Crippen molar-refractivity contribution in [2.75, 3.05) is 26.3 Å². The Labute approximate surface area is 73.0 Å². The molecule has 2 atom stereocenters. The molecule has 0 bridgehead atoms. The van der Waals surface area contributed by atoms with Crippen molar-refractivity contribution >= 4 is 0 Å². The molecule has 2 heterocycles. The zero-order valence-corrected chi connectivity index (χ0v) is 7.25. The lowest BCUT2D eigenvalue weighted by Gasteiger charge is -2.25. The lowest BCUT2D eigenvalue weighted by atomic mass is 9.90. The normalized spacial score (nSPS) is 36.6. The average Bonchev–Trinajstić information content (AvgIpc) is 2.57. The summed E-state index contributed by atoms with van der Waals surface area (Å²) >= 11 is 0. The number of nitrogens with two attached hydrogens (primary N) is 1. The molecule has 2 aliphatic rings. The van der Waals surface area contributed by atoms with Crippen LogP contribution in [0.2, 0.25) is 0 Å². The molecule has 3 heteroatoms. The van der Waals surface area contributed by atoms with Gasteiger partial charge in [-0.05, 0) is 12.0 Å². The molecule has 0 aromatic carbocycles. The Bertz CT molecular complexity index is 185. The van der Waals surface area contributed by atoms with Crippen LogP contribution in [0.1, 0.15) is 6.42 Å². The molecule has 68 valence electrons. The van der Waals surface area contributed by atoms with E-state index in [1.807, 2.05) is 0 Å². The van der Waals surface area contributed by atoms with E-state index < -0.39 is 0 Å². The number of hydrogen-bond donors (Lipinski definition) is 2. The highest BCUT2D eigenvalue weighted by atomic mass is 16.5. The second-order valence-corrected chi connectivity index (χ2v) is 3.53. The molecule has 2 aliphatic heterocycles. The second kappa shape index (κ2) is 3.56. The van der Waals surface area contributed by atoms with Crippen molar-refractivity contribution in [2.24, 2.45) is 11.7 Å². The van der Waals surface area contributed by atoms with Crippen LogP contribution >= 0.6 is 0 Å². The number of rotatable bonds is 1. The lowest BCUT2D eigenvalue weighted by molar-refractivity contribution is 0.189. The van der Waals surface area contributed by atoms with Crippen LogP contribution in [0.3, 0.4) is 0 Å². The van der Waals surface area contributed by atoms with E-state index in [0.29, 0.717) is 5.92 Å². The van der Waals surface area contributed by atoms with Crippen molar-refractivity contribution in [1.29, 1.82) is 0 Å². The Hall–Kier alpha value is -0.380. The van der Waals surface area contributed by atoms with Crippen LogP contribution in [0.5, 0.6) is 0 Å². The lowest BCUT2D eigenvalue weighted by Crippen LogP contribution is -2.41. The largest absolute Gasteiger partial charge is 0.381 e. The number of ether oxygens (including phenoxy) is 1. The predicted octanol–water partition coefficient (Wildman–Crippen LogP) is -0.120. The minimum atomic E-state index is 0.213. The third-order valence-corrected chi connectivity index (χ3v) is 2.68. The summed E-state index contributed by atoms with van der Waals surface area (Å²) in [5.74, 6) is 0.599. The molecular formula is C9H16N2O. The van der Waals surface area contributed by atoms with Gasteiger partial charge in [-0.25, -0.2) is 0 Å². The van der Waals surface area contributed by atoms with Crippen LogP contribution in [-0.4, -0.2) is 32.3 Å². The van der Waals surface area contributed by atoms with E-state index >= 15 is 0 Å². The molecular weight excluding hydrogens is 152 g/mol. The zero-order valence-electron chi connectivity index (χ0n) is 7.25. The first-order valence-electron chi connectivity index (χ1n) is 4.62. The highest BCUT2D eigenvalue weighted by molar-refractivity contribution is 5.18. The van der Waals surface area contributed by atoms with Crippen molar-refractivity contribution in [3.8, 4) is 0 Å². The molecule has 0 saturated carbocycles. The van der Waals surface area contributed by atoms with Crippen molar-refractivity contribution in [1.82, 2.24) is 5.32 Å². The Morgan fingerprint density at radius 1 is 1.58 bits per heavy atom. The number of hydrogen-bond acceptors (Lipinski definition) is 3. The predicted molar refractivity (Wildman–Crippen MR) is 47.9 cm³/mol. The fourth-order valence-electron chi connectivity index (χ4n) is 1.96. The molecule has 2 unspecified atom stereocenters. The van der Waals surface area contributed by atoms with Crippen molar-refractivity contribution in [3.05, 3.63) is 11.6 Å². The zero-order chi connectivity index (χ0) is 8.39. The summed E-state index contributed by atoms with van der Waals surface area (Å²) in [5.41, 5.74) is 7.38. The van der Waals surface area contributed by atoms with Crippen molar-refractivity contribution in [3.63, 3.8) is 0 Å². The maximum absolute atomic E-state index is 5.97. The Morgan fingerprint density at radius 2 is 2.50 bits per heavy atom. The minimum Gasteiger partial charge on any atom is -0.381 e. The average molecular weight is 168 g/mol. The quantitative estimate of drug-likeness (QED) is 0.537. The van der Waals surface area contributed by atoms with E-state index in [1.165, 1.54) is 5.57 Å². The molecule has 3 N–H and O–H groups in total. The monoisotopic (exact) mass is 168 g/mol. The third kappa shape index (κ3) is 1.53. The van der Waals surface area contributed by atoms with Gasteiger partial charge in [0.1, 0.15) is 0 Å². The van der Waals surface area contributed by atoms with Gasteiger partial charge in [0.2, 0.25) is 0 Å². The summed E-state index contributed by atoms with van der Waals surface area (Å²) in [7, 11) is 0. The van der Waals surface area contributed by atoms with Gasteiger partial charge in [0.25, 0.3) is 0 Å². The molecule has 12 heavy (non-hydrogen) atoms. The maximum atomic E-state index is 5.97. The van der Waals surface area contributed by atoms with Crippen molar-refractivity contribution in [2.45, 2.75) is 12.5 Å². The Kier molecular flexibility index (Phi) is 2.44. The second-order valence-electron chi connectivity index (χ2n) is 3.53. The van der Waals surface area contributed by atoms with E-state index in [1.54, 1.807) is 0 Å². The van der Waals surface area contributed by atoms with Gasteiger partial charge in [-0.15, -0.1) is 0 Å². The van der Waals surface area contributed by atoms with Gasteiger partial charge in [-0.3, -0.25) is 0 Å². The molecule has 1 fully saturated rings. The molecule has 2 rings (SSSR count). The van der Waals surface area contributed by atoms with E-state index in [4.69, 9.17) is 10.5 Å². The minimum absolute atomic E-state index is 0.213. The fourth-order valence-corrected chi connectivity index (χ4v) is 1.96. The molecule has 3 nitrogen and oxygen atoms in total. The SMILES string of the molecule is NC1CNCC=C1C1CCOC1. The van der Waals surface area contributed by atoms with Crippen LogP contribution in [-0.2, 0) is 4.74 Å². The van der Waals surface area contributed by atoms with E-state index in [-0.39, 0.29) is 6.04 Å². The number of nitrogens with one attached hydrogen (secondary N) is 1. The van der Waals surface area contributed by atoms with Gasteiger partial charge >= 0.3 is 0 Å². The van der Waals surface area contributed by atoms with Crippen LogP contribution in [0.25, 0.3) is 0 Å².